The van der Waals surface area contributed by atoms with Gasteiger partial charge in [-0.2, -0.15) is 4.68 Å². The molecule has 10 nitrogen and oxygen atoms in total. The van der Waals surface area contributed by atoms with E-state index in [9.17, 15) is 30.7 Å². The molecule has 106 valence electrons. The Morgan fingerprint density at radius 2 is 1.75 bits per heavy atom. The van der Waals surface area contributed by atoms with Gasteiger partial charge in [-0.3, -0.25) is 15.5 Å². The highest BCUT2D eigenvalue weighted by Crippen LogP contribution is 2.31. The van der Waals surface area contributed by atoms with Gasteiger partial charge in [0.1, 0.15) is 5.69 Å². The molecule has 0 saturated carbocycles. The lowest BCUT2D eigenvalue weighted by Gasteiger charge is -2.37. The standard InChI is InChI=1S/C10H8N4O6/c15-9-3-4-10(16)12(9)11-7-2-1-6(13(17)18)5-8(7)14(19)20/h1-5,11,15-16H/q-2. The van der Waals surface area contributed by atoms with Crippen LogP contribution >= 0.6 is 0 Å². The highest BCUT2D eigenvalue weighted by Gasteiger charge is 2.16. The number of hydrogen-bond acceptors (Lipinski definition) is 8. The first-order valence-corrected chi connectivity index (χ1v) is 5.19. The maximum absolute atomic E-state index is 10.9. The minimum atomic E-state index is -0.813. The van der Waals surface area contributed by atoms with Crippen molar-refractivity contribution in [2.75, 3.05) is 10.7 Å². The van der Waals surface area contributed by atoms with Gasteiger partial charge in [0.05, 0.1) is 4.92 Å². The average molecular weight is 280 g/mol. The first-order chi connectivity index (χ1) is 9.40. The molecule has 3 N–H and O–H groups in total. The zero-order valence-electron chi connectivity index (χ0n) is 9.76. The first-order valence-electron chi connectivity index (χ1n) is 5.19. The van der Waals surface area contributed by atoms with Crippen LogP contribution < -0.4 is 10.7 Å². The molecule has 0 saturated heterocycles. The van der Waals surface area contributed by atoms with E-state index < -0.39 is 21.5 Å². The lowest BCUT2D eigenvalue weighted by Crippen LogP contribution is -2.10. The summed E-state index contributed by atoms with van der Waals surface area (Å²) in [6.45, 7) is 0. The third-order valence-electron chi connectivity index (χ3n) is 2.46. The number of nitrogens with one attached hydrogen (secondary N) is 1. The van der Waals surface area contributed by atoms with E-state index >= 15 is 0 Å². The Balaban J connectivity index is 2.44. The number of anilines is 2. The third kappa shape index (κ3) is 2.41. The topological polar surface area (TPSA) is 150 Å². The molecule has 0 amide bonds. The van der Waals surface area contributed by atoms with E-state index in [-0.39, 0.29) is 17.4 Å². The monoisotopic (exact) mass is 280 g/mol. The summed E-state index contributed by atoms with van der Waals surface area (Å²) in [5, 5.41) is 50.2. The van der Waals surface area contributed by atoms with Crippen molar-refractivity contribution in [2.45, 2.75) is 0 Å². The summed E-state index contributed by atoms with van der Waals surface area (Å²) in [6, 6.07) is 5.28. The average Bonchev–Trinajstić information content (AvgIpc) is 2.70. The fraction of sp³-hybridized carbons (Fsp3) is 0. The highest BCUT2D eigenvalue weighted by molar-refractivity contribution is 5.69. The van der Waals surface area contributed by atoms with E-state index in [0.717, 1.165) is 22.9 Å². The number of aromatic hydroxyl groups is 2. The number of hydrogen-bond donors (Lipinski definition) is 3. The van der Waals surface area contributed by atoms with Gasteiger partial charge < -0.3 is 25.9 Å². The molecule has 0 spiro atoms. The molecule has 20 heavy (non-hydrogen) atoms. The summed E-state index contributed by atoms with van der Waals surface area (Å²) in [5.41, 5.74) is 1.26. The molecule has 0 radical (unpaired) electrons. The molecule has 1 aromatic carbocycles. The second-order valence-corrected chi connectivity index (χ2v) is 3.71. The SMILES string of the molecule is O=[N+]([O-])c1cc(N([O-])[O-])ccc1Nn1c(O)ccc1O. The van der Waals surface area contributed by atoms with Crippen molar-refractivity contribution in [3.63, 3.8) is 0 Å². The Hall–Kier alpha value is -2.98. The second kappa shape index (κ2) is 4.95. The van der Waals surface area contributed by atoms with Gasteiger partial charge in [0.25, 0.3) is 5.69 Å². The molecule has 0 atom stereocenters. The van der Waals surface area contributed by atoms with Crippen LogP contribution in [0.2, 0.25) is 0 Å². The van der Waals surface area contributed by atoms with Crippen LogP contribution in [-0.2, 0) is 0 Å². The molecule has 1 heterocycles. The van der Waals surface area contributed by atoms with Crippen LogP contribution in [0.25, 0.3) is 0 Å². The number of rotatable bonds is 4. The number of nitro groups is 1. The van der Waals surface area contributed by atoms with Crippen molar-refractivity contribution in [1.29, 1.82) is 0 Å². The molecule has 1 aromatic heterocycles. The van der Waals surface area contributed by atoms with Gasteiger partial charge in [0, 0.05) is 23.9 Å². The summed E-state index contributed by atoms with van der Waals surface area (Å²) >= 11 is 0. The van der Waals surface area contributed by atoms with Gasteiger partial charge in [0.2, 0.25) is 11.8 Å². The van der Waals surface area contributed by atoms with Gasteiger partial charge in [-0.25, -0.2) is 0 Å². The van der Waals surface area contributed by atoms with Crippen LogP contribution in [0.1, 0.15) is 0 Å². The summed E-state index contributed by atoms with van der Waals surface area (Å²) < 4.78 is 0.786. The molecule has 0 bridgehead atoms. The maximum Gasteiger partial charge on any atom is 0.296 e. The minimum Gasteiger partial charge on any atom is -0.769 e. The number of aromatic nitrogens is 1. The minimum absolute atomic E-state index is 0.123. The summed E-state index contributed by atoms with van der Waals surface area (Å²) in [5.74, 6) is -0.759. The Kier molecular flexibility index (Phi) is 3.33. The van der Waals surface area contributed by atoms with Crippen molar-refractivity contribution in [2.24, 2.45) is 0 Å². The summed E-state index contributed by atoms with van der Waals surface area (Å²) in [4.78, 5) is 10.1. The lowest BCUT2D eigenvalue weighted by molar-refractivity contribution is -0.383. The number of nitro benzene ring substituents is 1. The highest BCUT2D eigenvalue weighted by atomic mass is 16.8. The van der Waals surface area contributed by atoms with Crippen LogP contribution in [0.4, 0.5) is 17.1 Å². The molecule has 2 aromatic rings. The largest absolute Gasteiger partial charge is 0.769 e. The molecule has 2 rings (SSSR count). The van der Waals surface area contributed by atoms with Crippen LogP contribution in [0.3, 0.4) is 0 Å². The van der Waals surface area contributed by atoms with Crippen LogP contribution in [0.5, 0.6) is 11.8 Å². The quantitative estimate of drug-likeness (QED) is 0.562. The Morgan fingerprint density at radius 1 is 1.15 bits per heavy atom. The van der Waals surface area contributed by atoms with Crippen LogP contribution in [0.15, 0.2) is 30.3 Å². The van der Waals surface area contributed by atoms with Crippen molar-refractivity contribution in [3.05, 3.63) is 50.9 Å². The molecular weight excluding hydrogens is 272 g/mol. The van der Waals surface area contributed by atoms with Gasteiger partial charge in [-0.05, 0) is 12.1 Å². The van der Waals surface area contributed by atoms with Gasteiger partial charge in [-0.15, -0.1) is 0 Å². The zero-order chi connectivity index (χ0) is 14.9. The van der Waals surface area contributed by atoms with E-state index in [1.807, 2.05) is 0 Å². The normalized spacial score (nSPS) is 10.3. The smallest absolute Gasteiger partial charge is 0.296 e. The van der Waals surface area contributed by atoms with E-state index in [2.05, 4.69) is 5.43 Å². The van der Waals surface area contributed by atoms with Crippen molar-refractivity contribution < 1.29 is 15.1 Å². The Morgan fingerprint density at radius 3 is 2.25 bits per heavy atom. The lowest BCUT2D eigenvalue weighted by atomic mass is 10.2. The van der Waals surface area contributed by atoms with Crippen LogP contribution in [-0.4, -0.2) is 19.8 Å². The Labute approximate surface area is 111 Å². The predicted octanol–water partition coefficient (Wildman–Crippen LogP) is 1.48. The van der Waals surface area contributed by atoms with Gasteiger partial charge >= 0.3 is 0 Å². The molecule has 0 fully saturated rings. The second-order valence-electron chi connectivity index (χ2n) is 3.71. The van der Waals surface area contributed by atoms with E-state index in [0.29, 0.717) is 0 Å². The third-order valence-corrected chi connectivity index (χ3v) is 2.46. The predicted molar refractivity (Wildman–Crippen MR) is 69.1 cm³/mol. The number of nitrogens with zero attached hydrogens (tertiary/aromatic N) is 3. The molecule has 0 aliphatic heterocycles. The summed E-state index contributed by atoms with van der Waals surface area (Å²) in [6.07, 6.45) is 0. The van der Waals surface area contributed by atoms with E-state index in [1.54, 1.807) is 0 Å². The molecule has 0 aliphatic rings. The van der Waals surface area contributed by atoms with Crippen LogP contribution in [0, 0.1) is 20.5 Å². The van der Waals surface area contributed by atoms with Crippen molar-refractivity contribution in [1.82, 2.24) is 4.68 Å². The molecule has 10 heteroatoms. The zero-order valence-corrected chi connectivity index (χ0v) is 9.76. The fourth-order valence-electron chi connectivity index (χ4n) is 1.53. The maximum atomic E-state index is 10.9. The van der Waals surface area contributed by atoms with Crippen molar-refractivity contribution >= 4 is 17.1 Å². The van der Waals surface area contributed by atoms with Crippen molar-refractivity contribution in [3.8, 4) is 11.8 Å². The first kappa shape index (κ1) is 13.5. The molecule has 0 aliphatic carbocycles. The fourth-order valence-corrected chi connectivity index (χ4v) is 1.53. The Bertz CT molecular complexity index is 634. The van der Waals surface area contributed by atoms with Gasteiger partial charge in [0.15, 0.2) is 0 Å². The van der Waals surface area contributed by atoms with Gasteiger partial charge in [-0.1, -0.05) is 0 Å². The molecule has 0 unspecified atom stereocenters. The molecular formula is C10H8N4O6-2. The summed E-state index contributed by atoms with van der Waals surface area (Å²) in [7, 11) is 0. The number of benzene rings is 1. The van der Waals surface area contributed by atoms with E-state index in [1.165, 1.54) is 12.1 Å². The van der Waals surface area contributed by atoms with E-state index in [4.69, 9.17) is 0 Å².